The molecule has 1 saturated heterocycles. The quantitative estimate of drug-likeness (QED) is 0.651. The maximum absolute atomic E-state index is 14.2. The molecule has 0 bridgehead atoms. The van der Waals surface area contributed by atoms with Gasteiger partial charge in [-0.2, -0.15) is 5.26 Å². The summed E-state index contributed by atoms with van der Waals surface area (Å²) in [4.78, 5) is 6.79. The lowest BCUT2D eigenvalue weighted by molar-refractivity contribution is -0.00834. The van der Waals surface area contributed by atoms with E-state index >= 15 is 0 Å². The predicted octanol–water partition coefficient (Wildman–Crippen LogP) is 3.54. The molecule has 1 unspecified atom stereocenters. The van der Waals surface area contributed by atoms with Gasteiger partial charge in [-0.05, 0) is 37.1 Å². The molecule has 1 N–H and O–H groups in total. The minimum Gasteiger partial charge on any atom is -0.370 e. The summed E-state index contributed by atoms with van der Waals surface area (Å²) in [6.07, 6.45) is -0.0227. The van der Waals surface area contributed by atoms with Crippen LogP contribution in [0.15, 0.2) is 47.5 Å². The number of benzene rings is 2. The first-order valence-corrected chi connectivity index (χ1v) is 9.51. The van der Waals surface area contributed by atoms with Crippen LogP contribution in [0.1, 0.15) is 35.3 Å². The van der Waals surface area contributed by atoms with E-state index in [2.05, 4.69) is 34.3 Å². The number of ether oxygens (including phenoxy) is 1. The Morgan fingerprint density at radius 3 is 2.89 bits per heavy atom. The third-order valence-electron chi connectivity index (χ3n) is 4.82. The Balaban J connectivity index is 1.76. The molecule has 2 aromatic carbocycles. The monoisotopic (exact) mass is 380 g/mol. The highest BCUT2D eigenvalue weighted by atomic mass is 19.1. The molecule has 0 amide bonds. The van der Waals surface area contributed by atoms with E-state index in [0.717, 1.165) is 19.0 Å². The zero-order valence-electron chi connectivity index (χ0n) is 16.3. The fourth-order valence-electron chi connectivity index (χ4n) is 3.31. The Hall–Kier alpha value is -2.91. The van der Waals surface area contributed by atoms with Gasteiger partial charge in [0.1, 0.15) is 11.9 Å². The fourth-order valence-corrected chi connectivity index (χ4v) is 3.31. The van der Waals surface area contributed by atoms with E-state index in [1.165, 1.54) is 17.2 Å². The molecule has 1 atom stereocenters. The molecule has 1 aliphatic heterocycles. The highest BCUT2D eigenvalue weighted by Crippen LogP contribution is 2.25. The van der Waals surface area contributed by atoms with Crippen LogP contribution in [0.25, 0.3) is 0 Å². The van der Waals surface area contributed by atoms with Gasteiger partial charge in [0, 0.05) is 18.7 Å². The van der Waals surface area contributed by atoms with Gasteiger partial charge < -0.3 is 15.0 Å². The predicted molar refractivity (Wildman–Crippen MR) is 107 cm³/mol. The zero-order chi connectivity index (χ0) is 19.9. The first kappa shape index (κ1) is 19.8. The van der Waals surface area contributed by atoms with Crippen molar-refractivity contribution < 1.29 is 9.13 Å². The number of guanidine groups is 1. The van der Waals surface area contributed by atoms with Gasteiger partial charge in [-0.1, -0.05) is 30.3 Å². The summed E-state index contributed by atoms with van der Waals surface area (Å²) in [5.41, 5.74) is 3.17. The Bertz CT molecular complexity index is 890. The van der Waals surface area contributed by atoms with Crippen molar-refractivity contribution in [1.29, 1.82) is 5.26 Å². The van der Waals surface area contributed by atoms with Gasteiger partial charge in [-0.3, -0.25) is 0 Å². The molecule has 6 heteroatoms. The minimum atomic E-state index is -0.404. The second-order valence-corrected chi connectivity index (χ2v) is 6.75. The van der Waals surface area contributed by atoms with Crippen LogP contribution in [0.3, 0.4) is 0 Å². The molecule has 5 nitrogen and oxygen atoms in total. The number of aryl methyl sites for hydroxylation is 1. The first-order chi connectivity index (χ1) is 13.6. The van der Waals surface area contributed by atoms with Gasteiger partial charge in [-0.15, -0.1) is 0 Å². The molecule has 0 radical (unpaired) electrons. The number of nitrogens with one attached hydrogen (secondary N) is 1. The van der Waals surface area contributed by atoms with Crippen molar-refractivity contribution in [3.63, 3.8) is 0 Å². The Labute approximate surface area is 165 Å². The standard InChI is InChI=1S/C22H25FN4O/c1-3-25-22(26-14-18-9-8-17(13-24)12-20(18)23)27-10-11-28-21(15-27)19-7-5-4-6-16(19)2/h4-9,12,21H,3,10-11,14-15H2,1-2H3,(H,25,26). The average Bonchev–Trinajstić information content (AvgIpc) is 2.72. The molecule has 0 spiro atoms. The lowest BCUT2D eigenvalue weighted by atomic mass is 10.0. The second kappa shape index (κ2) is 9.34. The van der Waals surface area contributed by atoms with E-state index in [9.17, 15) is 4.39 Å². The molecule has 28 heavy (non-hydrogen) atoms. The lowest BCUT2D eigenvalue weighted by Crippen LogP contribution is -2.48. The third kappa shape index (κ3) is 4.68. The SMILES string of the molecule is CCNC(=NCc1ccc(C#N)cc1F)N1CCOC(c2ccccc2C)C1. The van der Waals surface area contributed by atoms with Crippen molar-refractivity contribution in [2.45, 2.75) is 26.5 Å². The molecule has 1 fully saturated rings. The van der Waals surface area contributed by atoms with Gasteiger partial charge in [0.15, 0.2) is 5.96 Å². The molecular formula is C22H25FN4O. The van der Waals surface area contributed by atoms with Crippen molar-refractivity contribution in [2.24, 2.45) is 4.99 Å². The maximum atomic E-state index is 14.2. The van der Waals surface area contributed by atoms with Crippen molar-refractivity contribution in [3.8, 4) is 6.07 Å². The van der Waals surface area contributed by atoms with Crippen LogP contribution in [0.5, 0.6) is 0 Å². The molecule has 0 aliphatic carbocycles. The molecule has 0 saturated carbocycles. The summed E-state index contributed by atoms with van der Waals surface area (Å²) in [6, 6.07) is 14.7. The summed E-state index contributed by atoms with van der Waals surface area (Å²) >= 11 is 0. The highest BCUT2D eigenvalue weighted by molar-refractivity contribution is 5.80. The summed E-state index contributed by atoms with van der Waals surface area (Å²) in [5.74, 6) is 0.339. The maximum Gasteiger partial charge on any atom is 0.194 e. The third-order valence-corrected chi connectivity index (χ3v) is 4.82. The molecule has 3 rings (SSSR count). The smallest absolute Gasteiger partial charge is 0.194 e. The lowest BCUT2D eigenvalue weighted by Gasteiger charge is -2.35. The normalized spacial score (nSPS) is 17.3. The van der Waals surface area contributed by atoms with Gasteiger partial charge in [0.05, 0.1) is 31.3 Å². The Morgan fingerprint density at radius 2 is 2.18 bits per heavy atom. The molecule has 1 aliphatic rings. The Morgan fingerprint density at radius 1 is 1.36 bits per heavy atom. The topological polar surface area (TPSA) is 60.7 Å². The highest BCUT2D eigenvalue weighted by Gasteiger charge is 2.25. The van der Waals surface area contributed by atoms with Crippen molar-refractivity contribution in [1.82, 2.24) is 10.2 Å². The fraction of sp³-hybridized carbons (Fsp3) is 0.364. The molecule has 1 heterocycles. The van der Waals surface area contributed by atoms with E-state index in [1.807, 2.05) is 25.1 Å². The van der Waals surface area contributed by atoms with E-state index in [-0.39, 0.29) is 12.6 Å². The largest absolute Gasteiger partial charge is 0.370 e. The number of morpholine rings is 1. The van der Waals surface area contributed by atoms with Gasteiger partial charge in [0.2, 0.25) is 0 Å². The van der Waals surface area contributed by atoms with Crippen molar-refractivity contribution in [3.05, 3.63) is 70.5 Å². The van der Waals surface area contributed by atoms with Crippen LogP contribution in [0.2, 0.25) is 0 Å². The number of rotatable bonds is 4. The molecule has 0 aromatic heterocycles. The van der Waals surface area contributed by atoms with E-state index < -0.39 is 5.82 Å². The van der Waals surface area contributed by atoms with Gasteiger partial charge >= 0.3 is 0 Å². The van der Waals surface area contributed by atoms with Crippen LogP contribution in [-0.2, 0) is 11.3 Å². The molecular weight excluding hydrogens is 355 g/mol. The number of hydrogen-bond donors (Lipinski definition) is 1. The summed E-state index contributed by atoms with van der Waals surface area (Å²) in [5, 5.41) is 12.2. The number of hydrogen-bond acceptors (Lipinski definition) is 3. The van der Waals surface area contributed by atoms with Crippen LogP contribution < -0.4 is 5.32 Å². The van der Waals surface area contributed by atoms with Crippen molar-refractivity contribution in [2.75, 3.05) is 26.2 Å². The number of halogens is 1. The second-order valence-electron chi connectivity index (χ2n) is 6.75. The van der Waals surface area contributed by atoms with Crippen LogP contribution >= 0.6 is 0 Å². The summed E-state index contributed by atoms with van der Waals surface area (Å²) < 4.78 is 20.2. The summed E-state index contributed by atoms with van der Waals surface area (Å²) in [7, 11) is 0. The Kier molecular flexibility index (Phi) is 6.62. The average molecular weight is 380 g/mol. The number of aliphatic imine (C=N–C) groups is 1. The van der Waals surface area contributed by atoms with Crippen LogP contribution in [0.4, 0.5) is 4.39 Å². The molecule has 2 aromatic rings. The number of nitrogens with zero attached hydrogens (tertiary/aromatic N) is 3. The minimum absolute atomic E-state index is 0.0227. The van der Waals surface area contributed by atoms with Crippen molar-refractivity contribution >= 4 is 5.96 Å². The van der Waals surface area contributed by atoms with Gasteiger partial charge in [0.25, 0.3) is 0 Å². The summed E-state index contributed by atoms with van der Waals surface area (Å²) in [6.45, 7) is 7.06. The molecule has 146 valence electrons. The van der Waals surface area contributed by atoms with Crippen LogP contribution in [0, 0.1) is 24.1 Å². The van der Waals surface area contributed by atoms with E-state index in [0.29, 0.717) is 24.3 Å². The first-order valence-electron chi connectivity index (χ1n) is 9.51. The van der Waals surface area contributed by atoms with E-state index in [1.54, 1.807) is 12.1 Å². The zero-order valence-corrected chi connectivity index (χ0v) is 16.3. The van der Waals surface area contributed by atoms with Crippen LogP contribution in [-0.4, -0.2) is 37.1 Å². The number of nitriles is 1. The van der Waals surface area contributed by atoms with E-state index in [4.69, 9.17) is 10.00 Å². The van der Waals surface area contributed by atoms with Gasteiger partial charge in [-0.25, -0.2) is 9.38 Å².